The number of para-hydroxylation sites is 2. The van der Waals surface area contributed by atoms with Crippen molar-refractivity contribution in [3.63, 3.8) is 0 Å². The van der Waals surface area contributed by atoms with Gasteiger partial charge in [0.15, 0.2) is 0 Å². The Bertz CT molecular complexity index is 652. The zero-order valence-corrected chi connectivity index (χ0v) is 11.3. The Labute approximate surface area is 117 Å². The summed E-state index contributed by atoms with van der Waals surface area (Å²) in [4.78, 5) is 16.3. The number of nitrogens with one attached hydrogen (secondary N) is 2. The van der Waals surface area contributed by atoms with Crippen LogP contribution in [0.1, 0.15) is 6.92 Å². The number of imidazole rings is 1. The monoisotopic (exact) mass is 268 g/mol. The Kier molecular flexibility index (Phi) is 3.35. The Morgan fingerprint density at radius 2 is 2.15 bits per heavy atom. The smallest absolute Gasteiger partial charge is 0.251 e. The molecule has 0 atom stereocenters. The first-order valence-corrected chi connectivity index (χ1v) is 6.54. The van der Waals surface area contributed by atoms with Gasteiger partial charge >= 0.3 is 0 Å². The number of carbonyl (C=O) groups is 1. The molecule has 102 valence electrons. The molecule has 1 amide bonds. The van der Waals surface area contributed by atoms with Crippen molar-refractivity contribution in [2.75, 3.05) is 18.4 Å². The van der Waals surface area contributed by atoms with Gasteiger partial charge in [-0.25, -0.2) is 4.98 Å². The molecule has 1 aromatic heterocycles. The number of hydrogen-bond donors (Lipinski definition) is 2. The molecule has 0 unspecified atom stereocenters. The van der Waals surface area contributed by atoms with Gasteiger partial charge < -0.3 is 15.2 Å². The minimum Gasteiger partial charge on any atom is -0.320 e. The van der Waals surface area contributed by atoms with E-state index < -0.39 is 0 Å². The van der Waals surface area contributed by atoms with E-state index in [0.29, 0.717) is 0 Å². The molecule has 0 bridgehead atoms. The second kappa shape index (κ2) is 5.30. The van der Waals surface area contributed by atoms with E-state index in [-0.39, 0.29) is 5.91 Å². The third-order valence-corrected chi connectivity index (χ3v) is 3.48. The first kappa shape index (κ1) is 12.6. The molecule has 1 aliphatic rings. The summed E-state index contributed by atoms with van der Waals surface area (Å²) in [6.45, 7) is 3.48. The van der Waals surface area contributed by atoms with Crippen LogP contribution in [0, 0.1) is 0 Å². The highest BCUT2D eigenvalue weighted by Gasteiger charge is 2.17. The lowest BCUT2D eigenvalue weighted by molar-refractivity contribution is -0.112. The standard InChI is InChI=1S/C15H16N4O/c1-11(12-8-17-9-12)15(20)18-13-4-2-3-5-14(13)19-7-6-16-10-19/h2-7,10,17H,8-9H2,1H3,(H,18,20). The molecule has 3 rings (SSSR count). The minimum atomic E-state index is -0.0472. The summed E-state index contributed by atoms with van der Waals surface area (Å²) in [6, 6.07) is 7.68. The zero-order chi connectivity index (χ0) is 13.9. The van der Waals surface area contributed by atoms with Crippen molar-refractivity contribution in [1.82, 2.24) is 14.9 Å². The largest absolute Gasteiger partial charge is 0.320 e. The first-order valence-electron chi connectivity index (χ1n) is 6.54. The van der Waals surface area contributed by atoms with Gasteiger partial charge in [-0.15, -0.1) is 0 Å². The summed E-state index contributed by atoms with van der Waals surface area (Å²) in [7, 11) is 0. The average Bonchev–Trinajstić information content (AvgIpc) is 2.91. The van der Waals surface area contributed by atoms with Crippen molar-refractivity contribution in [3.05, 3.63) is 54.1 Å². The van der Waals surface area contributed by atoms with E-state index in [2.05, 4.69) is 15.6 Å². The Hall–Kier alpha value is -2.40. The fraction of sp³-hybridized carbons (Fsp3) is 0.200. The summed E-state index contributed by atoms with van der Waals surface area (Å²) < 4.78 is 1.88. The van der Waals surface area contributed by atoms with Crippen molar-refractivity contribution in [3.8, 4) is 5.69 Å². The van der Waals surface area contributed by atoms with Gasteiger partial charge in [0, 0.05) is 31.1 Å². The lowest BCUT2D eigenvalue weighted by atomic mass is 10.0. The lowest BCUT2D eigenvalue weighted by Gasteiger charge is -2.21. The van der Waals surface area contributed by atoms with Crippen LogP contribution in [-0.4, -0.2) is 28.5 Å². The SMILES string of the molecule is CC(C(=O)Nc1ccccc1-n1ccnc1)=C1CNC1. The number of rotatable bonds is 3. The molecule has 2 heterocycles. The molecule has 0 radical (unpaired) electrons. The highest BCUT2D eigenvalue weighted by Crippen LogP contribution is 2.21. The van der Waals surface area contributed by atoms with Crippen molar-refractivity contribution >= 4 is 11.6 Å². The van der Waals surface area contributed by atoms with Crippen LogP contribution in [0.4, 0.5) is 5.69 Å². The molecule has 0 aliphatic carbocycles. The number of amides is 1. The molecule has 0 saturated carbocycles. The molecular weight excluding hydrogens is 252 g/mol. The van der Waals surface area contributed by atoms with Crippen molar-refractivity contribution < 1.29 is 4.79 Å². The molecule has 0 spiro atoms. The number of nitrogens with zero attached hydrogens (tertiary/aromatic N) is 2. The number of hydrogen-bond acceptors (Lipinski definition) is 3. The Morgan fingerprint density at radius 1 is 1.35 bits per heavy atom. The maximum atomic E-state index is 12.2. The first-order chi connectivity index (χ1) is 9.75. The van der Waals surface area contributed by atoms with Crippen LogP contribution < -0.4 is 10.6 Å². The summed E-state index contributed by atoms with van der Waals surface area (Å²) >= 11 is 0. The van der Waals surface area contributed by atoms with Crippen molar-refractivity contribution in [1.29, 1.82) is 0 Å². The number of aromatic nitrogens is 2. The molecular formula is C15H16N4O. The molecule has 20 heavy (non-hydrogen) atoms. The average molecular weight is 268 g/mol. The van der Waals surface area contributed by atoms with E-state index in [1.165, 1.54) is 5.57 Å². The summed E-state index contributed by atoms with van der Waals surface area (Å²) in [5.74, 6) is -0.0472. The van der Waals surface area contributed by atoms with Gasteiger partial charge in [-0.3, -0.25) is 4.79 Å². The van der Waals surface area contributed by atoms with E-state index in [4.69, 9.17) is 0 Å². The summed E-state index contributed by atoms with van der Waals surface area (Å²) in [5.41, 5.74) is 3.65. The van der Waals surface area contributed by atoms with E-state index >= 15 is 0 Å². The van der Waals surface area contributed by atoms with Gasteiger partial charge in [-0.05, 0) is 24.6 Å². The third kappa shape index (κ3) is 2.35. The maximum Gasteiger partial charge on any atom is 0.251 e. The van der Waals surface area contributed by atoms with Gasteiger partial charge in [0.1, 0.15) is 0 Å². The molecule has 1 saturated heterocycles. The van der Waals surface area contributed by atoms with Gasteiger partial charge in [-0.2, -0.15) is 0 Å². The van der Waals surface area contributed by atoms with Crippen LogP contribution in [0.15, 0.2) is 54.1 Å². The quantitative estimate of drug-likeness (QED) is 0.833. The number of benzene rings is 1. The van der Waals surface area contributed by atoms with Gasteiger partial charge in [-0.1, -0.05) is 12.1 Å². The van der Waals surface area contributed by atoms with Crippen molar-refractivity contribution in [2.45, 2.75) is 6.92 Å². The minimum absolute atomic E-state index is 0.0472. The molecule has 1 aromatic carbocycles. The van der Waals surface area contributed by atoms with Gasteiger partial charge in [0.05, 0.1) is 17.7 Å². The van der Waals surface area contributed by atoms with E-state index in [9.17, 15) is 4.79 Å². The highest BCUT2D eigenvalue weighted by atomic mass is 16.1. The maximum absolute atomic E-state index is 12.2. The molecule has 1 fully saturated rings. The molecule has 1 aliphatic heterocycles. The molecule has 2 N–H and O–H groups in total. The van der Waals surface area contributed by atoms with Gasteiger partial charge in [0.2, 0.25) is 0 Å². The zero-order valence-electron chi connectivity index (χ0n) is 11.3. The normalized spacial score (nSPS) is 13.8. The third-order valence-electron chi connectivity index (χ3n) is 3.48. The molecule has 2 aromatic rings. The number of anilines is 1. The Balaban J connectivity index is 1.86. The topological polar surface area (TPSA) is 59.0 Å². The van der Waals surface area contributed by atoms with Crippen LogP contribution in [0.3, 0.4) is 0 Å². The molecule has 5 heteroatoms. The fourth-order valence-electron chi connectivity index (χ4n) is 2.10. The second-order valence-electron chi connectivity index (χ2n) is 4.77. The van der Waals surface area contributed by atoms with E-state index in [1.54, 1.807) is 12.5 Å². The van der Waals surface area contributed by atoms with Crippen LogP contribution in [0.5, 0.6) is 0 Å². The van der Waals surface area contributed by atoms with Crippen LogP contribution >= 0.6 is 0 Å². The number of carbonyl (C=O) groups excluding carboxylic acids is 1. The Morgan fingerprint density at radius 3 is 2.80 bits per heavy atom. The van der Waals surface area contributed by atoms with Crippen LogP contribution in [0.25, 0.3) is 5.69 Å². The van der Waals surface area contributed by atoms with Gasteiger partial charge in [0.25, 0.3) is 5.91 Å². The summed E-state index contributed by atoms with van der Waals surface area (Å²) in [5, 5.41) is 6.12. The fourth-order valence-corrected chi connectivity index (χ4v) is 2.10. The van der Waals surface area contributed by atoms with E-state index in [0.717, 1.165) is 30.0 Å². The highest BCUT2D eigenvalue weighted by molar-refractivity contribution is 6.05. The van der Waals surface area contributed by atoms with Crippen LogP contribution in [-0.2, 0) is 4.79 Å². The summed E-state index contributed by atoms with van der Waals surface area (Å²) in [6.07, 6.45) is 5.28. The lowest BCUT2D eigenvalue weighted by Crippen LogP contribution is -2.36. The van der Waals surface area contributed by atoms with Crippen LogP contribution in [0.2, 0.25) is 0 Å². The predicted molar refractivity (Wildman–Crippen MR) is 77.8 cm³/mol. The second-order valence-corrected chi connectivity index (χ2v) is 4.77. The van der Waals surface area contributed by atoms with E-state index in [1.807, 2.05) is 42.0 Å². The predicted octanol–water partition coefficient (Wildman–Crippen LogP) is 1.73. The molecule has 5 nitrogen and oxygen atoms in total. The van der Waals surface area contributed by atoms with Crippen molar-refractivity contribution in [2.24, 2.45) is 0 Å².